The lowest BCUT2D eigenvalue weighted by molar-refractivity contribution is -0.137. The van der Waals surface area contributed by atoms with E-state index in [1.807, 2.05) is 4.90 Å². The second-order valence-corrected chi connectivity index (χ2v) is 7.43. The number of rotatable bonds is 4. The zero-order valence-corrected chi connectivity index (χ0v) is 16.2. The van der Waals surface area contributed by atoms with Crippen LogP contribution in [0.2, 0.25) is 0 Å². The number of hydrogen-bond donors (Lipinski definition) is 0. The van der Waals surface area contributed by atoms with Gasteiger partial charge in [-0.1, -0.05) is 0 Å². The number of nitrogens with zero attached hydrogens (tertiary/aromatic N) is 3. The van der Waals surface area contributed by atoms with Crippen LogP contribution in [0.25, 0.3) is 0 Å². The van der Waals surface area contributed by atoms with Crippen LogP contribution in [0.15, 0.2) is 12.1 Å². The first kappa shape index (κ1) is 20.9. The first-order valence-corrected chi connectivity index (χ1v) is 9.44. The van der Waals surface area contributed by atoms with Gasteiger partial charge in [-0.3, -0.25) is 4.79 Å². The molecule has 156 valence electrons. The third-order valence-electron chi connectivity index (χ3n) is 5.39. The SMILES string of the molecule is COCCN1CC2(CCN(c3cc(C(F)(F)F)cc(C)n3)CC2)OCCC1=O. The van der Waals surface area contributed by atoms with Crippen molar-refractivity contribution in [3.63, 3.8) is 0 Å². The number of ether oxygens (including phenoxy) is 2. The van der Waals surface area contributed by atoms with Crippen molar-refractivity contribution in [3.8, 4) is 0 Å². The van der Waals surface area contributed by atoms with E-state index in [1.165, 1.54) is 0 Å². The number of anilines is 1. The molecule has 3 rings (SSSR count). The van der Waals surface area contributed by atoms with Crippen LogP contribution in [0.4, 0.5) is 19.0 Å². The van der Waals surface area contributed by atoms with Crippen LogP contribution in [0.1, 0.15) is 30.5 Å². The third-order valence-corrected chi connectivity index (χ3v) is 5.39. The van der Waals surface area contributed by atoms with E-state index in [2.05, 4.69) is 4.98 Å². The Morgan fingerprint density at radius 2 is 2.00 bits per heavy atom. The summed E-state index contributed by atoms with van der Waals surface area (Å²) in [5, 5.41) is 0. The van der Waals surface area contributed by atoms with Gasteiger partial charge in [0.2, 0.25) is 5.91 Å². The van der Waals surface area contributed by atoms with E-state index >= 15 is 0 Å². The van der Waals surface area contributed by atoms with Crippen molar-refractivity contribution in [2.24, 2.45) is 0 Å². The summed E-state index contributed by atoms with van der Waals surface area (Å²) in [6.07, 6.45) is -2.81. The van der Waals surface area contributed by atoms with E-state index < -0.39 is 17.3 Å². The minimum Gasteiger partial charge on any atom is -0.383 e. The lowest BCUT2D eigenvalue weighted by Crippen LogP contribution is -2.52. The Bertz CT molecular complexity index is 703. The number of hydrogen-bond acceptors (Lipinski definition) is 5. The second-order valence-electron chi connectivity index (χ2n) is 7.43. The van der Waals surface area contributed by atoms with Gasteiger partial charge < -0.3 is 19.3 Å². The standard InChI is InChI=1S/C19H26F3N3O3/c1-14-11-15(19(20,21)22)12-16(23-14)24-6-4-18(5-7-24)13-25(8-10-27-2)17(26)3-9-28-18/h11-12H,3-10,13H2,1-2H3. The minimum atomic E-state index is -4.40. The fraction of sp³-hybridized carbons (Fsp3) is 0.684. The molecular weight excluding hydrogens is 375 g/mol. The molecule has 0 atom stereocenters. The van der Waals surface area contributed by atoms with Crippen molar-refractivity contribution in [1.29, 1.82) is 0 Å². The Kier molecular flexibility index (Phi) is 6.14. The first-order valence-electron chi connectivity index (χ1n) is 9.44. The molecule has 3 heterocycles. The van der Waals surface area contributed by atoms with E-state index in [0.29, 0.717) is 70.2 Å². The van der Waals surface area contributed by atoms with Crippen LogP contribution in [-0.2, 0) is 20.4 Å². The minimum absolute atomic E-state index is 0.0477. The van der Waals surface area contributed by atoms with Crippen LogP contribution in [0.3, 0.4) is 0 Å². The molecule has 1 amide bonds. The van der Waals surface area contributed by atoms with Gasteiger partial charge >= 0.3 is 6.18 Å². The zero-order chi connectivity index (χ0) is 20.4. The van der Waals surface area contributed by atoms with Gasteiger partial charge in [0.1, 0.15) is 5.82 Å². The molecular formula is C19H26F3N3O3. The Morgan fingerprint density at radius 3 is 2.64 bits per heavy atom. The number of aryl methyl sites for hydroxylation is 1. The summed E-state index contributed by atoms with van der Waals surface area (Å²) < 4.78 is 50.5. The average Bonchev–Trinajstić information content (AvgIpc) is 2.78. The number of methoxy groups -OCH3 is 1. The van der Waals surface area contributed by atoms with E-state index in [-0.39, 0.29) is 5.91 Å². The predicted octanol–water partition coefficient (Wildman–Crippen LogP) is 2.64. The summed E-state index contributed by atoms with van der Waals surface area (Å²) in [5.41, 5.74) is -0.808. The number of carbonyl (C=O) groups excluding carboxylic acids is 1. The fourth-order valence-electron chi connectivity index (χ4n) is 3.82. The van der Waals surface area contributed by atoms with Crippen molar-refractivity contribution >= 4 is 11.7 Å². The summed E-state index contributed by atoms with van der Waals surface area (Å²) in [4.78, 5) is 20.2. The Labute approximate surface area is 162 Å². The highest BCUT2D eigenvalue weighted by Crippen LogP contribution is 2.35. The van der Waals surface area contributed by atoms with Crippen LogP contribution in [-0.4, -0.2) is 67.9 Å². The molecule has 1 spiro atoms. The van der Waals surface area contributed by atoms with E-state index in [4.69, 9.17) is 9.47 Å². The van der Waals surface area contributed by atoms with E-state index in [9.17, 15) is 18.0 Å². The van der Waals surface area contributed by atoms with Crippen molar-refractivity contribution in [2.75, 3.05) is 51.4 Å². The van der Waals surface area contributed by atoms with Gasteiger partial charge in [0, 0.05) is 39.0 Å². The molecule has 2 aliphatic heterocycles. The van der Waals surface area contributed by atoms with E-state index in [0.717, 1.165) is 12.1 Å². The highest BCUT2D eigenvalue weighted by atomic mass is 19.4. The number of carbonyl (C=O) groups is 1. The largest absolute Gasteiger partial charge is 0.416 e. The molecule has 1 aromatic heterocycles. The van der Waals surface area contributed by atoms with Gasteiger partial charge in [0.25, 0.3) is 0 Å². The molecule has 2 aliphatic rings. The number of alkyl halides is 3. The molecule has 0 unspecified atom stereocenters. The van der Waals surface area contributed by atoms with Crippen molar-refractivity contribution in [1.82, 2.24) is 9.88 Å². The molecule has 28 heavy (non-hydrogen) atoms. The van der Waals surface area contributed by atoms with Crippen LogP contribution >= 0.6 is 0 Å². The summed E-state index contributed by atoms with van der Waals surface area (Å²) in [6.45, 7) is 4.44. The van der Waals surface area contributed by atoms with Crippen LogP contribution in [0.5, 0.6) is 0 Å². The Balaban J connectivity index is 1.71. The molecule has 0 saturated carbocycles. The maximum absolute atomic E-state index is 13.1. The monoisotopic (exact) mass is 401 g/mol. The lowest BCUT2D eigenvalue weighted by atomic mass is 9.90. The molecule has 9 heteroatoms. The topological polar surface area (TPSA) is 54.9 Å². The Hall–Kier alpha value is -1.87. The van der Waals surface area contributed by atoms with E-state index in [1.54, 1.807) is 18.9 Å². The highest BCUT2D eigenvalue weighted by Gasteiger charge is 2.41. The molecule has 2 saturated heterocycles. The van der Waals surface area contributed by atoms with Crippen molar-refractivity contribution in [2.45, 2.75) is 38.0 Å². The number of piperidine rings is 1. The first-order chi connectivity index (χ1) is 13.2. The second kappa shape index (κ2) is 8.24. The summed E-state index contributed by atoms with van der Waals surface area (Å²) in [5.74, 6) is 0.384. The molecule has 0 radical (unpaired) electrons. The smallest absolute Gasteiger partial charge is 0.383 e. The van der Waals surface area contributed by atoms with Gasteiger partial charge in [0.15, 0.2) is 0 Å². The molecule has 2 fully saturated rings. The number of halogens is 3. The highest BCUT2D eigenvalue weighted by molar-refractivity contribution is 5.76. The molecule has 1 aromatic rings. The molecule has 0 N–H and O–H groups in total. The summed E-state index contributed by atoms with van der Waals surface area (Å²) in [7, 11) is 1.59. The Morgan fingerprint density at radius 1 is 1.29 bits per heavy atom. The average molecular weight is 401 g/mol. The number of amides is 1. The maximum atomic E-state index is 13.1. The summed E-state index contributed by atoms with van der Waals surface area (Å²) >= 11 is 0. The maximum Gasteiger partial charge on any atom is 0.416 e. The quantitative estimate of drug-likeness (QED) is 0.777. The van der Waals surface area contributed by atoms with Crippen molar-refractivity contribution < 1.29 is 27.4 Å². The number of aromatic nitrogens is 1. The fourth-order valence-corrected chi connectivity index (χ4v) is 3.82. The van der Waals surface area contributed by atoms with Gasteiger partial charge in [-0.05, 0) is 31.9 Å². The number of pyridine rings is 1. The predicted molar refractivity (Wildman–Crippen MR) is 97.2 cm³/mol. The molecule has 0 bridgehead atoms. The summed E-state index contributed by atoms with van der Waals surface area (Å²) in [6, 6.07) is 2.16. The van der Waals surface area contributed by atoms with Gasteiger partial charge in [-0.2, -0.15) is 13.2 Å². The van der Waals surface area contributed by atoms with Crippen molar-refractivity contribution in [3.05, 3.63) is 23.4 Å². The third kappa shape index (κ3) is 4.75. The van der Waals surface area contributed by atoms with Gasteiger partial charge in [-0.15, -0.1) is 0 Å². The molecule has 0 aromatic carbocycles. The lowest BCUT2D eigenvalue weighted by Gasteiger charge is -2.43. The zero-order valence-electron chi connectivity index (χ0n) is 16.2. The van der Waals surface area contributed by atoms with Gasteiger partial charge in [-0.25, -0.2) is 4.98 Å². The van der Waals surface area contributed by atoms with Gasteiger partial charge in [0.05, 0.1) is 30.8 Å². The molecule has 6 nitrogen and oxygen atoms in total. The normalized spacial score (nSPS) is 20.5. The van der Waals surface area contributed by atoms with Crippen LogP contribution in [0, 0.1) is 6.92 Å². The van der Waals surface area contributed by atoms with Crippen LogP contribution < -0.4 is 4.90 Å². The molecule has 0 aliphatic carbocycles.